The highest BCUT2D eigenvalue weighted by Gasteiger charge is 2.31. The lowest BCUT2D eigenvalue weighted by Crippen LogP contribution is -3.15. The second-order valence-electron chi connectivity index (χ2n) is 7.91. The summed E-state index contributed by atoms with van der Waals surface area (Å²) in [4.78, 5) is 25.8. The first kappa shape index (κ1) is 21.2. The Morgan fingerprint density at radius 3 is 2.74 bits per heavy atom. The van der Waals surface area contributed by atoms with E-state index in [9.17, 15) is 9.59 Å². The first-order valence-electron chi connectivity index (χ1n) is 9.88. The van der Waals surface area contributed by atoms with Gasteiger partial charge in [0.15, 0.2) is 12.6 Å². The van der Waals surface area contributed by atoms with Gasteiger partial charge < -0.3 is 20.3 Å². The maximum atomic E-state index is 12.6. The van der Waals surface area contributed by atoms with E-state index in [-0.39, 0.29) is 30.4 Å². The number of quaternary nitrogens is 1. The van der Waals surface area contributed by atoms with Crippen molar-refractivity contribution < 1.29 is 19.2 Å². The Bertz CT molecular complexity index is 649. The first-order valence-corrected chi connectivity index (χ1v) is 9.88. The van der Waals surface area contributed by atoms with E-state index >= 15 is 0 Å². The maximum Gasteiger partial charge on any atom is 0.279 e. The Balaban J connectivity index is 1.85. The van der Waals surface area contributed by atoms with Crippen molar-refractivity contribution in [1.29, 1.82) is 0 Å². The molecule has 2 rings (SSSR count). The highest BCUT2D eigenvalue weighted by atomic mass is 16.5. The lowest BCUT2D eigenvalue weighted by Gasteiger charge is -2.35. The number of rotatable bonds is 7. The van der Waals surface area contributed by atoms with Crippen LogP contribution in [0.15, 0.2) is 24.3 Å². The molecule has 1 aromatic rings. The van der Waals surface area contributed by atoms with E-state index < -0.39 is 0 Å². The quantitative estimate of drug-likeness (QED) is 0.675. The molecule has 1 aliphatic rings. The summed E-state index contributed by atoms with van der Waals surface area (Å²) in [7, 11) is 3.47. The Labute approximate surface area is 162 Å². The molecule has 1 saturated carbocycles. The molecule has 1 aliphatic carbocycles. The van der Waals surface area contributed by atoms with Gasteiger partial charge in [-0.1, -0.05) is 32.8 Å². The molecule has 6 heteroatoms. The molecular weight excluding hydrogens is 342 g/mol. The number of carbonyl (C=O) groups is 2. The molecule has 0 bridgehead atoms. The van der Waals surface area contributed by atoms with Gasteiger partial charge in [0, 0.05) is 17.8 Å². The van der Waals surface area contributed by atoms with Crippen molar-refractivity contribution in [3.8, 4) is 5.75 Å². The van der Waals surface area contributed by atoms with Gasteiger partial charge in [-0.15, -0.1) is 0 Å². The van der Waals surface area contributed by atoms with Crippen LogP contribution in [0.25, 0.3) is 0 Å². The fourth-order valence-corrected chi connectivity index (χ4v) is 3.63. The molecular formula is C21H34N3O3+. The maximum absolute atomic E-state index is 12.6. The third kappa shape index (κ3) is 5.96. The SMILES string of the molecule is COc1cccc(NC(=O)C[NH+](C)[C@H](C)C(=O)N[C@@H]2CCC[C@@H](C)[C@H]2C)c1. The average molecular weight is 377 g/mol. The summed E-state index contributed by atoms with van der Waals surface area (Å²) in [6.45, 7) is 6.58. The van der Waals surface area contributed by atoms with Crippen molar-refractivity contribution in [1.82, 2.24) is 5.32 Å². The van der Waals surface area contributed by atoms with Gasteiger partial charge >= 0.3 is 0 Å². The zero-order chi connectivity index (χ0) is 20.0. The van der Waals surface area contributed by atoms with Gasteiger partial charge in [-0.3, -0.25) is 9.59 Å². The minimum Gasteiger partial charge on any atom is -0.497 e. The van der Waals surface area contributed by atoms with Crippen molar-refractivity contribution in [2.24, 2.45) is 11.8 Å². The van der Waals surface area contributed by atoms with E-state index in [2.05, 4.69) is 24.5 Å². The summed E-state index contributed by atoms with van der Waals surface area (Å²) in [6.07, 6.45) is 3.44. The molecule has 0 aliphatic heterocycles. The number of methoxy groups -OCH3 is 1. The molecule has 27 heavy (non-hydrogen) atoms. The fourth-order valence-electron chi connectivity index (χ4n) is 3.63. The average Bonchev–Trinajstić information content (AvgIpc) is 2.64. The van der Waals surface area contributed by atoms with E-state index in [0.717, 1.165) is 17.7 Å². The van der Waals surface area contributed by atoms with Gasteiger partial charge in [0.2, 0.25) is 0 Å². The number of benzene rings is 1. The minimum atomic E-state index is -0.287. The molecule has 150 valence electrons. The Morgan fingerprint density at radius 1 is 1.30 bits per heavy atom. The van der Waals surface area contributed by atoms with E-state index in [1.807, 2.05) is 32.2 Å². The van der Waals surface area contributed by atoms with E-state index in [4.69, 9.17) is 4.74 Å². The van der Waals surface area contributed by atoms with E-state index in [0.29, 0.717) is 23.3 Å². The van der Waals surface area contributed by atoms with Crippen molar-refractivity contribution in [2.75, 3.05) is 26.0 Å². The summed E-state index contributed by atoms with van der Waals surface area (Å²) in [5, 5.41) is 6.07. The predicted octanol–water partition coefficient (Wildman–Crippen LogP) is 1.48. The Kier molecular flexibility index (Phi) is 7.66. The van der Waals surface area contributed by atoms with E-state index in [1.165, 1.54) is 6.42 Å². The molecule has 1 unspecified atom stereocenters. The van der Waals surface area contributed by atoms with Crippen LogP contribution < -0.4 is 20.3 Å². The normalized spacial score (nSPS) is 24.6. The summed E-state index contributed by atoms with van der Waals surface area (Å²) < 4.78 is 5.17. The molecule has 0 aromatic heterocycles. The van der Waals surface area contributed by atoms with Crippen LogP contribution in [0.3, 0.4) is 0 Å². The Hall–Kier alpha value is -2.08. The first-order chi connectivity index (χ1) is 12.8. The molecule has 1 fully saturated rings. The van der Waals surface area contributed by atoms with Crippen LogP contribution in [0, 0.1) is 11.8 Å². The molecule has 2 amide bonds. The zero-order valence-corrected chi connectivity index (χ0v) is 17.2. The van der Waals surface area contributed by atoms with Gasteiger partial charge in [-0.05, 0) is 37.3 Å². The van der Waals surface area contributed by atoms with Crippen LogP contribution in [0.2, 0.25) is 0 Å². The number of carbonyl (C=O) groups excluding carboxylic acids is 2. The summed E-state index contributed by atoms with van der Waals surface area (Å²) in [5.74, 6) is 1.72. The predicted molar refractivity (Wildman–Crippen MR) is 107 cm³/mol. The number of anilines is 1. The fraction of sp³-hybridized carbons (Fsp3) is 0.619. The van der Waals surface area contributed by atoms with Crippen molar-refractivity contribution >= 4 is 17.5 Å². The number of hydrogen-bond donors (Lipinski definition) is 3. The molecule has 5 atom stereocenters. The number of ether oxygens (including phenoxy) is 1. The zero-order valence-electron chi connectivity index (χ0n) is 17.2. The second-order valence-corrected chi connectivity index (χ2v) is 7.91. The van der Waals surface area contributed by atoms with Crippen molar-refractivity contribution in [2.45, 2.75) is 52.1 Å². The van der Waals surface area contributed by atoms with Gasteiger partial charge in [-0.25, -0.2) is 0 Å². The highest BCUT2D eigenvalue weighted by molar-refractivity contribution is 5.91. The largest absolute Gasteiger partial charge is 0.497 e. The summed E-state index contributed by atoms with van der Waals surface area (Å²) >= 11 is 0. The molecule has 0 saturated heterocycles. The summed E-state index contributed by atoms with van der Waals surface area (Å²) in [5.41, 5.74) is 0.689. The molecule has 1 aromatic carbocycles. The third-order valence-corrected chi connectivity index (χ3v) is 5.96. The summed E-state index contributed by atoms with van der Waals surface area (Å²) in [6, 6.07) is 7.19. The van der Waals surface area contributed by atoms with Crippen LogP contribution in [-0.2, 0) is 9.59 Å². The van der Waals surface area contributed by atoms with Crippen molar-refractivity contribution in [3.63, 3.8) is 0 Å². The van der Waals surface area contributed by atoms with Gasteiger partial charge in [0.1, 0.15) is 5.75 Å². The smallest absolute Gasteiger partial charge is 0.279 e. The number of likely N-dealkylation sites (N-methyl/N-ethyl adjacent to an activating group) is 1. The monoisotopic (exact) mass is 376 g/mol. The van der Waals surface area contributed by atoms with Gasteiger partial charge in [0.05, 0.1) is 14.2 Å². The van der Waals surface area contributed by atoms with Crippen molar-refractivity contribution in [3.05, 3.63) is 24.3 Å². The number of amides is 2. The molecule has 3 N–H and O–H groups in total. The number of hydrogen-bond acceptors (Lipinski definition) is 3. The van der Waals surface area contributed by atoms with Crippen LogP contribution in [0.1, 0.15) is 40.0 Å². The van der Waals surface area contributed by atoms with Crippen LogP contribution in [0.4, 0.5) is 5.69 Å². The topological polar surface area (TPSA) is 71.9 Å². The molecule has 0 heterocycles. The van der Waals surface area contributed by atoms with Gasteiger partial charge in [-0.2, -0.15) is 0 Å². The highest BCUT2D eigenvalue weighted by Crippen LogP contribution is 2.29. The van der Waals surface area contributed by atoms with Crippen LogP contribution in [0.5, 0.6) is 5.75 Å². The number of nitrogens with one attached hydrogen (secondary N) is 3. The second kappa shape index (κ2) is 9.74. The molecule has 0 radical (unpaired) electrons. The van der Waals surface area contributed by atoms with E-state index in [1.54, 1.807) is 13.2 Å². The van der Waals surface area contributed by atoms with Gasteiger partial charge in [0.25, 0.3) is 11.8 Å². The molecule has 0 spiro atoms. The Morgan fingerprint density at radius 2 is 2.04 bits per heavy atom. The molecule has 6 nitrogen and oxygen atoms in total. The third-order valence-electron chi connectivity index (χ3n) is 5.96. The lowest BCUT2D eigenvalue weighted by molar-refractivity contribution is -0.885. The van der Waals surface area contributed by atoms with Crippen LogP contribution in [-0.4, -0.2) is 44.6 Å². The van der Waals surface area contributed by atoms with Crippen LogP contribution >= 0.6 is 0 Å². The standard InChI is InChI=1S/C21H33N3O3/c1-14-8-6-11-19(15(14)2)23-21(26)16(3)24(4)13-20(25)22-17-9-7-10-18(12-17)27-5/h7,9-10,12,14-16,19H,6,8,11,13H2,1-5H3,(H,22,25)(H,23,26)/p+1/t14-,15-,16-,19-/m1/s1. The minimum absolute atomic E-state index is 0.0210. The lowest BCUT2D eigenvalue weighted by atomic mass is 9.78.